The molecule has 0 amide bonds. The lowest BCUT2D eigenvalue weighted by Crippen LogP contribution is -2.40. The van der Waals surface area contributed by atoms with Crippen molar-refractivity contribution >= 4 is 29.0 Å². The molecule has 1 aromatic rings. The fourth-order valence-electron chi connectivity index (χ4n) is 2.39. The number of methoxy groups -OCH3 is 1. The fraction of sp³-hybridized carbons (Fsp3) is 0.562. The average Bonchev–Trinajstić information content (AvgIpc) is 2.45. The van der Waals surface area contributed by atoms with Crippen LogP contribution in [0.4, 0.5) is 0 Å². The summed E-state index contributed by atoms with van der Waals surface area (Å²) in [6, 6.07) is 5.36. The Hall–Kier alpha value is -0.610. The topological polar surface area (TPSA) is 29.5 Å². The Morgan fingerprint density at radius 3 is 2.48 bits per heavy atom. The Morgan fingerprint density at radius 1 is 1.29 bits per heavy atom. The van der Waals surface area contributed by atoms with Crippen LogP contribution in [0.25, 0.3) is 0 Å². The zero-order chi connectivity index (χ0) is 15.8. The van der Waals surface area contributed by atoms with Crippen LogP contribution in [-0.2, 0) is 4.74 Å². The van der Waals surface area contributed by atoms with Crippen molar-refractivity contribution in [3.05, 3.63) is 33.8 Å². The number of benzene rings is 1. The highest BCUT2D eigenvalue weighted by Gasteiger charge is 2.20. The van der Waals surface area contributed by atoms with Crippen LogP contribution in [0.2, 0.25) is 10.0 Å². The second-order valence-electron chi connectivity index (χ2n) is 4.98. The molecule has 0 bridgehead atoms. The first kappa shape index (κ1) is 18.4. The predicted molar refractivity (Wildman–Crippen MR) is 88.6 cm³/mol. The normalized spacial score (nSPS) is 11.4. The molecule has 0 heterocycles. The van der Waals surface area contributed by atoms with Gasteiger partial charge in [-0.05, 0) is 31.0 Å². The average molecular weight is 332 g/mol. The van der Waals surface area contributed by atoms with Gasteiger partial charge in [0, 0.05) is 30.3 Å². The molecular weight excluding hydrogens is 309 g/mol. The molecule has 0 atom stereocenters. The van der Waals surface area contributed by atoms with Crippen LogP contribution in [-0.4, -0.2) is 43.5 Å². The Morgan fingerprint density at radius 2 is 1.95 bits per heavy atom. The summed E-state index contributed by atoms with van der Waals surface area (Å²) in [5.74, 6) is 0.0136. The smallest absolute Gasteiger partial charge is 0.178 e. The van der Waals surface area contributed by atoms with Gasteiger partial charge in [-0.2, -0.15) is 0 Å². The van der Waals surface area contributed by atoms with Gasteiger partial charge in [-0.1, -0.05) is 37.0 Å². The maximum absolute atomic E-state index is 12.5. The fourth-order valence-corrected chi connectivity index (χ4v) is 2.90. The van der Waals surface area contributed by atoms with E-state index in [0.717, 1.165) is 19.4 Å². The molecule has 3 nitrogen and oxygen atoms in total. The van der Waals surface area contributed by atoms with Crippen molar-refractivity contribution in [1.29, 1.82) is 0 Å². The van der Waals surface area contributed by atoms with Crippen molar-refractivity contribution in [3.63, 3.8) is 0 Å². The summed E-state index contributed by atoms with van der Waals surface area (Å²) in [6.07, 6.45) is 2.00. The lowest BCUT2D eigenvalue weighted by molar-refractivity contribution is 0.0811. The van der Waals surface area contributed by atoms with Gasteiger partial charge in [0.15, 0.2) is 5.78 Å². The van der Waals surface area contributed by atoms with E-state index in [1.165, 1.54) is 0 Å². The quantitative estimate of drug-likeness (QED) is 0.631. The van der Waals surface area contributed by atoms with E-state index >= 15 is 0 Å². The van der Waals surface area contributed by atoms with Gasteiger partial charge in [-0.3, -0.25) is 9.69 Å². The van der Waals surface area contributed by atoms with E-state index in [2.05, 4.69) is 18.7 Å². The van der Waals surface area contributed by atoms with Crippen molar-refractivity contribution in [2.45, 2.75) is 32.7 Å². The molecule has 1 aromatic carbocycles. The van der Waals surface area contributed by atoms with Crippen LogP contribution in [0.15, 0.2) is 18.2 Å². The lowest BCUT2D eigenvalue weighted by Gasteiger charge is -2.29. The number of rotatable bonds is 9. The van der Waals surface area contributed by atoms with Crippen LogP contribution in [0.5, 0.6) is 0 Å². The molecular formula is C16H23Cl2NO2. The zero-order valence-electron chi connectivity index (χ0n) is 12.9. The zero-order valence-corrected chi connectivity index (χ0v) is 14.4. The van der Waals surface area contributed by atoms with Gasteiger partial charge in [0.1, 0.15) is 0 Å². The van der Waals surface area contributed by atoms with E-state index in [-0.39, 0.29) is 5.78 Å². The third-order valence-corrected chi connectivity index (χ3v) is 4.17. The molecule has 0 spiro atoms. The molecule has 0 aliphatic rings. The molecule has 1 rings (SSSR count). The number of hydrogen-bond donors (Lipinski definition) is 0. The third kappa shape index (κ3) is 5.59. The minimum atomic E-state index is 0.0136. The van der Waals surface area contributed by atoms with Crippen molar-refractivity contribution in [3.8, 4) is 0 Å². The second kappa shape index (κ2) is 9.42. The predicted octanol–water partition coefficient (Wildman–Crippen LogP) is 4.31. The van der Waals surface area contributed by atoms with Crippen molar-refractivity contribution in [2.75, 3.05) is 26.8 Å². The van der Waals surface area contributed by atoms with Crippen LogP contribution in [0.3, 0.4) is 0 Å². The molecule has 0 aromatic heterocycles. The van der Waals surface area contributed by atoms with Crippen LogP contribution in [0, 0.1) is 0 Å². The number of ketones is 1. The maximum Gasteiger partial charge on any atom is 0.178 e. The van der Waals surface area contributed by atoms with E-state index in [4.69, 9.17) is 27.9 Å². The lowest BCUT2D eigenvalue weighted by atomic mass is 10.1. The summed E-state index contributed by atoms with van der Waals surface area (Å²) >= 11 is 12.0. The Balaban J connectivity index is 2.83. The minimum Gasteiger partial charge on any atom is -0.383 e. The molecule has 0 unspecified atom stereocenters. The highest BCUT2D eigenvalue weighted by Crippen LogP contribution is 2.22. The Labute approximate surface area is 137 Å². The molecule has 21 heavy (non-hydrogen) atoms. The summed E-state index contributed by atoms with van der Waals surface area (Å²) in [4.78, 5) is 14.6. The second-order valence-corrected chi connectivity index (χ2v) is 5.82. The summed E-state index contributed by atoms with van der Waals surface area (Å²) in [5.41, 5.74) is 0.523. The largest absolute Gasteiger partial charge is 0.383 e. The monoisotopic (exact) mass is 331 g/mol. The summed E-state index contributed by atoms with van der Waals surface area (Å²) in [6.45, 7) is 5.95. The Kier molecular flexibility index (Phi) is 8.27. The first-order valence-electron chi connectivity index (χ1n) is 7.24. The highest BCUT2D eigenvalue weighted by atomic mass is 35.5. The molecule has 0 fully saturated rings. The van der Waals surface area contributed by atoms with Crippen LogP contribution in [0.1, 0.15) is 37.0 Å². The van der Waals surface area contributed by atoms with Gasteiger partial charge in [-0.15, -0.1) is 0 Å². The Bertz CT molecular complexity index is 462. The summed E-state index contributed by atoms with van der Waals surface area (Å²) in [7, 11) is 1.67. The number of carbonyl (C=O) groups is 1. The van der Waals surface area contributed by atoms with E-state index in [1.807, 2.05) is 0 Å². The summed E-state index contributed by atoms with van der Waals surface area (Å²) in [5, 5.41) is 0.941. The van der Waals surface area contributed by atoms with Gasteiger partial charge in [-0.25, -0.2) is 0 Å². The van der Waals surface area contributed by atoms with Crippen molar-refractivity contribution in [1.82, 2.24) is 4.90 Å². The molecule has 0 aliphatic heterocycles. The number of halogens is 2. The molecule has 0 N–H and O–H groups in total. The molecule has 0 saturated heterocycles. The molecule has 5 heteroatoms. The highest BCUT2D eigenvalue weighted by molar-refractivity contribution is 6.36. The van der Waals surface area contributed by atoms with Crippen LogP contribution < -0.4 is 0 Å². The first-order chi connectivity index (χ1) is 10.0. The number of hydrogen-bond acceptors (Lipinski definition) is 3. The SMILES string of the molecule is CCC(CC)N(CCOC)CC(=O)c1ccc(Cl)cc1Cl. The van der Waals surface area contributed by atoms with Gasteiger partial charge >= 0.3 is 0 Å². The summed E-state index contributed by atoms with van der Waals surface area (Å²) < 4.78 is 5.14. The van der Waals surface area contributed by atoms with Gasteiger partial charge in [0.05, 0.1) is 18.2 Å². The van der Waals surface area contributed by atoms with Crippen molar-refractivity contribution in [2.24, 2.45) is 0 Å². The molecule has 118 valence electrons. The third-order valence-electron chi connectivity index (χ3n) is 3.62. The van der Waals surface area contributed by atoms with Gasteiger partial charge in [0.25, 0.3) is 0 Å². The number of ether oxygens (including phenoxy) is 1. The molecule has 0 aliphatic carbocycles. The van der Waals surface area contributed by atoms with E-state index < -0.39 is 0 Å². The molecule has 0 radical (unpaired) electrons. The van der Waals surface area contributed by atoms with Crippen molar-refractivity contribution < 1.29 is 9.53 Å². The standard InChI is InChI=1S/C16H23Cl2NO2/c1-4-13(5-2)19(8-9-21-3)11-16(20)14-7-6-12(17)10-15(14)18/h6-7,10,13H,4-5,8-9,11H2,1-3H3. The van der Waals surface area contributed by atoms with Crippen LogP contribution >= 0.6 is 23.2 Å². The van der Waals surface area contributed by atoms with E-state index in [9.17, 15) is 4.79 Å². The molecule has 0 saturated carbocycles. The first-order valence-corrected chi connectivity index (χ1v) is 8.00. The van der Waals surface area contributed by atoms with Gasteiger partial charge in [0.2, 0.25) is 0 Å². The minimum absolute atomic E-state index is 0.0136. The van der Waals surface area contributed by atoms with Gasteiger partial charge < -0.3 is 4.74 Å². The maximum atomic E-state index is 12.5. The number of Topliss-reactive ketones (excluding diaryl/α,β-unsaturated/α-hetero) is 1. The van der Waals surface area contributed by atoms with E-state index in [0.29, 0.717) is 34.8 Å². The van der Waals surface area contributed by atoms with E-state index in [1.54, 1.807) is 25.3 Å². The number of nitrogens with zero attached hydrogens (tertiary/aromatic N) is 1. The number of carbonyl (C=O) groups excluding carboxylic acids is 1.